The molecule has 0 aliphatic rings. The zero-order valence-corrected chi connectivity index (χ0v) is 12.8. The zero-order chi connectivity index (χ0) is 16.0. The maximum absolute atomic E-state index is 12.3. The Morgan fingerprint density at radius 3 is 2.36 bits per heavy atom. The molecule has 0 saturated heterocycles. The zero-order valence-electron chi connectivity index (χ0n) is 12.0. The molecule has 1 heterocycles. The molecule has 7 heteroatoms. The fourth-order valence-corrected chi connectivity index (χ4v) is 2.52. The van der Waals surface area contributed by atoms with Gasteiger partial charge in [0.1, 0.15) is 5.82 Å². The van der Waals surface area contributed by atoms with Crippen LogP contribution in [-0.4, -0.2) is 22.5 Å². The normalized spacial score (nSPS) is 11.5. The van der Waals surface area contributed by atoms with Crippen LogP contribution in [0.15, 0.2) is 36.4 Å². The first-order valence-electron chi connectivity index (χ1n) is 6.73. The van der Waals surface area contributed by atoms with Crippen LogP contribution < -0.4 is 5.32 Å². The summed E-state index contributed by atoms with van der Waals surface area (Å²) in [5.41, 5.74) is 1.51. The van der Waals surface area contributed by atoms with Crippen LogP contribution in [0.4, 0.5) is 19.0 Å². The van der Waals surface area contributed by atoms with Crippen molar-refractivity contribution in [2.24, 2.45) is 0 Å². The highest BCUT2D eigenvalue weighted by Gasteiger charge is 2.32. The number of thioether (sulfide) groups is 1. The van der Waals surface area contributed by atoms with Gasteiger partial charge in [0.25, 0.3) is 0 Å². The molecule has 22 heavy (non-hydrogen) atoms. The van der Waals surface area contributed by atoms with Gasteiger partial charge in [-0.25, -0.2) is 0 Å². The third-order valence-corrected chi connectivity index (χ3v) is 3.93. The van der Waals surface area contributed by atoms with Crippen LogP contribution >= 0.6 is 11.8 Å². The van der Waals surface area contributed by atoms with E-state index in [1.165, 1.54) is 17.2 Å². The van der Waals surface area contributed by atoms with Gasteiger partial charge in [0.05, 0.1) is 0 Å². The summed E-state index contributed by atoms with van der Waals surface area (Å²) in [6, 6.07) is 10.6. The van der Waals surface area contributed by atoms with Crippen molar-refractivity contribution >= 4 is 17.6 Å². The molecule has 0 radical (unpaired) electrons. The third kappa shape index (κ3) is 5.22. The molecule has 0 atom stereocenters. The van der Waals surface area contributed by atoms with Crippen molar-refractivity contribution in [1.82, 2.24) is 10.2 Å². The highest BCUT2D eigenvalue weighted by molar-refractivity contribution is 7.98. The highest BCUT2D eigenvalue weighted by Crippen LogP contribution is 2.27. The summed E-state index contributed by atoms with van der Waals surface area (Å²) in [6.07, 6.45) is -4.45. The summed E-state index contributed by atoms with van der Waals surface area (Å²) >= 11 is 1.75. The van der Waals surface area contributed by atoms with Gasteiger partial charge in [0.2, 0.25) is 0 Å². The fourth-order valence-electron chi connectivity index (χ4n) is 1.70. The van der Waals surface area contributed by atoms with Crippen molar-refractivity contribution < 1.29 is 13.2 Å². The number of aryl methyl sites for hydroxylation is 1. The summed E-state index contributed by atoms with van der Waals surface area (Å²) in [7, 11) is 0. The molecule has 0 saturated carbocycles. The molecular formula is C15H16F3N3S. The van der Waals surface area contributed by atoms with E-state index in [-0.39, 0.29) is 0 Å². The summed E-state index contributed by atoms with van der Waals surface area (Å²) in [4.78, 5) is 0. The summed E-state index contributed by atoms with van der Waals surface area (Å²) < 4.78 is 37.0. The quantitative estimate of drug-likeness (QED) is 0.809. The summed E-state index contributed by atoms with van der Waals surface area (Å²) in [6.45, 7) is 2.67. The van der Waals surface area contributed by atoms with Crippen molar-refractivity contribution in [3.63, 3.8) is 0 Å². The van der Waals surface area contributed by atoms with Crippen molar-refractivity contribution in [3.05, 3.63) is 53.2 Å². The highest BCUT2D eigenvalue weighted by atomic mass is 32.2. The molecule has 0 unspecified atom stereocenters. The molecule has 0 aliphatic carbocycles. The Balaban J connectivity index is 1.69. The Labute approximate surface area is 131 Å². The van der Waals surface area contributed by atoms with E-state index in [9.17, 15) is 13.2 Å². The second-order valence-electron chi connectivity index (χ2n) is 4.77. The summed E-state index contributed by atoms with van der Waals surface area (Å²) in [5, 5.41) is 9.64. The van der Waals surface area contributed by atoms with Gasteiger partial charge in [-0.2, -0.15) is 24.9 Å². The van der Waals surface area contributed by atoms with Crippen LogP contribution in [0, 0.1) is 6.92 Å². The number of alkyl halides is 3. The molecule has 1 N–H and O–H groups in total. The van der Waals surface area contributed by atoms with Crippen molar-refractivity contribution in [1.29, 1.82) is 0 Å². The van der Waals surface area contributed by atoms with Crippen LogP contribution in [0.1, 0.15) is 16.8 Å². The number of nitrogens with zero attached hydrogens (tertiary/aromatic N) is 2. The van der Waals surface area contributed by atoms with E-state index in [2.05, 4.69) is 39.8 Å². The molecule has 118 valence electrons. The lowest BCUT2D eigenvalue weighted by atomic mass is 10.2. The van der Waals surface area contributed by atoms with Crippen LogP contribution in [-0.2, 0) is 11.9 Å². The van der Waals surface area contributed by atoms with Crippen molar-refractivity contribution in [2.45, 2.75) is 18.9 Å². The Morgan fingerprint density at radius 1 is 1.05 bits per heavy atom. The number of nitrogens with one attached hydrogen (secondary N) is 1. The monoisotopic (exact) mass is 327 g/mol. The number of anilines is 1. The first kappa shape index (κ1) is 16.6. The summed E-state index contributed by atoms with van der Waals surface area (Å²) in [5.74, 6) is 2.08. The van der Waals surface area contributed by atoms with Gasteiger partial charge in [0, 0.05) is 18.1 Å². The molecule has 2 aromatic rings. The molecule has 0 spiro atoms. The van der Waals surface area contributed by atoms with E-state index < -0.39 is 11.9 Å². The third-order valence-electron chi connectivity index (χ3n) is 2.90. The Hall–Kier alpha value is -1.76. The van der Waals surface area contributed by atoms with Gasteiger partial charge >= 0.3 is 6.18 Å². The van der Waals surface area contributed by atoms with Crippen molar-refractivity contribution in [3.8, 4) is 0 Å². The first-order valence-corrected chi connectivity index (χ1v) is 7.89. The van der Waals surface area contributed by atoms with Crippen LogP contribution in [0.5, 0.6) is 0 Å². The average molecular weight is 327 g/mol. The molecule has 0 amide bonds. The van der Waals surface area contributed by atoms with E-state index in [0.717, 1.165) is 17.6 Å². The SMILES string of the molecule is Cc1ccc(CSCCNc2ccc(C(F)(F)F)nn2)cc1. The molecule has 1 aromatic heterocycles. The van der Waals surface area contributed by atoms with E-state index in [4.69, 9.17) is 0 Å². The average Bonchev–Trinajstić information content (AvgIpc) is 2.48. The molecule has 1 aromatic carbocycles. The second-order valence-corrected chi connectivity index (χ2v) is 5.87. The maximum Gasteiger partial charge on any atom is 0.435 e. The molecule has 2 rings (SSSR count). The number of aromatic nitrogens is 2. The molecule has 3 nitrogen and oxygen atoms in total. The fraction of sp³-hybridized carbons (Fsp3) is 0.333. The Kier molecular flexibility index (Phi) is 5.65. The van der Waals surface area contributed by atoms with Gasteiger partial charge < -0.3 is 5.32 Å². The Morgan fingerprint density at radius 2 is 1.77 bits per heavy atom. The maximum atomic E-state index is 12.3. The Bertz CT molecular complexity index is 582. The van der Waals surface area contributed by atoms with Gasteiger partial charge in [-0.05, 0) is 24.6 Å². The van der Waals surface area contributed by atoms with Crippen LogP contribution in [0.25, 0.3) is 0 Å². The molecule has 0 fully saturated rings. The van der Waals surface area contributed by atoms with E-state index >= 15 is 0 Å². The lowest BCUT2D eigenvalue weighted by molar-refractivity contribution is -0.141. The van der Waals surface area contributed by atoms with Gasteiger partial charge in [-0.3, -0.25) is 0 Å². The van der Waals surface area contributed by atoms with E-state index in [0.29, 0.717) is 12.4 Å². The number of benzene rings is 1. The minimum Gasteiger partial charge on any atom is -0.368 e. The van der Waals surface area contributed by atoms with Crippen molar-refractivity contribution in [2.75, 3.05) is 17.6 Å². The van der Waals surface area contributed by atoms with Crippen LogP contribution in [0.2, 0.25) is 0 Å². The van der Waals surface area contributed by atoms with Gasteiger partial charge in [-0.15, -0.1) is 10.2 Å². The minimum absolute atomic E-state index is 0.351. The molecular weight excluding hydrogens is 311 g/mol. The van der Waals surface area contributed by atoms with E-state index in [1.807, 2.05) is 6.92 Å². The van der Waals surface area contributed by atoms with Crippen LogP contribution in [0.3, 0.4) is 0 Å². The molecule has 0 aliphatic heterocycles. The largest absolute Gasteiger partial charge is 0.435 e. The minimum atomic E-state index is -4.45. The predicted octanol–water partition coefficient (Wildman–Crippen LogP) is 4.15. The number of hydrogen-bond donors (Lipinski definition) is 1. The smallest absolute Gasteiger partial charge is 0.368 e. The number of halogens is 3. The second kappa shape index (κ2) is 7.49. The number of rotatable bonds is 6. The topological polar surface area (TPSA) is 37.8 Å². The molecule has 0 bridgehead atoms. The predicted molar refractivity (Wildman–Crippen MR) is 82.9 cm³/mol. The standard InChI is InChI=1S/C15H16F3N3S/c1-11-2-4-12(5-3-11)10-22-9-8-19-14-7-6-13(20-21-14)15(16,17)18/h2-7H,8-10H2,1H3,(H,19,21). The van der Waals surface area contributed by atoms with Gasteiger partial charge in [-0.1, -0.05) is 29.8 Å². The lowest BCUT2D eigenvalue weighted by Gasteiger charge is -2.07. The van der Waals surface area contributed by atoms with Gasteiger partial charge in [0.15, 0.2) is 5.69 Å². The van der Waals surface area contributed by atoms with E-state index in [1.54, 1.807) is 11.8 Å². The first-order chi connectivity index (χ1) is 10.4. The number of hydrogen-bond acceptors (Lipinski definition) is 4. The lowest BCUT2D eigenvalue weighted by Crippen LogP contribution is -2.11.